The fourth-order valence-corrected chi connectivity index (χ4v) is 1.67. The third-order valence-electron chi connectivity index (χ3n) is 2.48. The Morgan fingerprint density at radius 2 is 2.36 bits per heavy atom. The summed E-state index contributed by atoms with van der Waals surface area (Å²) in [6.45, 7) is 6.35. The Labute approximate surface area is 85.6 Å². The van der Waals surface area contributed by atoms with Crippen LogP contribution in [-0.2, 0) is 9.47 Å². The lowest BCUT2D eigenvalue weighted by atomic mass is 10.1. The van der Waals surface area contributed by atoms with Crippen LogP contribution >= 0.6 is 0 Å². The normalized spacial score (nSPS) is 21.5. The molecule has 0 aliphatic heterocycles. The van der Waals surface area contributed by atoms with Crippen LogP contribution in [0.5, 0.6) is 0 Å². The van der Waals surface area contributed by atoms with Gasteiger partial charge >= 0.3 is 0 Å². The van der Waals surface area contributed by atoms with Crippen molar-refractivity contribution in [1.29, 1.82) is 0 Å². The number of methoxy groups -OCH3 is 1. The Bertz CT molecular complexity index is 294. The molecule has 0 saturated carbocycles. The minimum absolute atomic E-state index is 0.103. The topological polar surface area (TPSA) is 18.5 Å². The van der Waals surface area contributed by atoms with Crippen molar-refractivity contribution in [2.75, 3.05) is 13.9 Å². The van der Waals surface area contributed by atoms with Gasteiger partial charge in [-0.05, 0) is 23.6 Å². The third kappa shape index (κ3) is 2.25. The number of terminal acetylenes is 1. The summed E-state index contributed by atoms with van der Waals surface area (Å²) in [5.41, 5.74) is 3.47. The van der Waals surface area contributed by atoms with Crippen LogP contribution in [0.3, 0.4) is 0 Å². The zero-order chi connectivity index (χ0) is 10.6. The first-order valence-corrected chi connectivity index (χ1v) is 4.62. The molecule has 2 nitrogen and oxygen atoms in total. The van der Waals surface area contributed by atoms with Crippen LogP contribution in [0.15, 0.2) is 23.3 Å². The molecular formula is C12H16O2. The Hall–Kier alpha value is -1.04. The molecule has 0 saturated heterocycles. The van der Waals surface area contributed by atoms with Crippen LogP contribution in [0.1, 0.15) is 19.8 Å². The molecule has 0 unspecified atom stereocenters. The van der Waals surface area contributed by atoms with Gasteiger partial charge in [-0.2, -0.15) is 0 Å². The van der Waals surface area contributed by atoms with Crippen molar-refractivity contribution in [3.63, 3.8) is 0 Å². The van der Waals surface area contributed by atoms with Crippen LogP contribution < -0.4 is 0 Å². The van der Waals surface area contributed by atoms with Crippen molar-refractivity contribution < 1.29 is 9.47 Å². The van der Waals surface area contributed by atoms with E-state index in [2.05, 4.69) is 12.5 Å². The Balaban J connectivity index is 2.67. The Kier molecular flexibility index (Phi) is 3.94. The van der Waals surface area contributed by atoms with Crippen molar-refractivity contribution in [3.8, 4) is 12.3 Å². The van der Waals surface area contributed by atoms with Gasteiger partial charge in [0.05, 0.1) is 6.10 Å². The highest BCUT2D eigenvalue weighted by Gasteiger charge is 2.25. The van der Waals surface area contributed by atoms with Gasteiger partial charge in [-0.15, -0.1) is 12.3 Å². The average Bonchev–Trinajstić information content (AvgIpc) is 2.43. The maximum absolute atomic E-state index is 5.50. The van der Waals surface area contributed by atoms with Gasteiger partial charge in [0.25, 0.3) is 0 Å². The van der Waals surface area contributed by atoms with E-state index in [0.29, 0.717) is 13.2 Å². The second-order valence-corrected chi connectivity index (χ2v) is 3.41. The average molecular weight is 192 g/mol. The standard InChI is InChI=1S/C12H16O2/c1-5-6-11-9(2)7-12(10(11)3)14-8-13-4/h1,12H,2,6-8H2,3-4H3/t12-/m0/s1. The highest BCUT2D eigenvalue weighted by Crippen LogP contribution is 2.33. The molecule has 0 aromatic carbocycles. The number of rotatable bonds is 4. The molecule has 1 atom stereocenters. The molecule has 1 aliphatic rings. The summed E-state index contributed by atoms with van der Waals surface area (Å²) in [6, 6.07) is 0. The maximum atomic E-state index is 5.50. The van der Waals surface area contributed by atoms with Gasteiger partial charge in [-0.1, -0.05) is 6.58 Å². The van der Waals surface area contributed by atoms with E-state index in [1.54, 1.807) is 7.11 Å². The van der Waals surface area contributed by atoms with E-state index in [4.69, 9.17) is 15.9 Å². The summed E-state index contributed by atoms with van der Waals surface area (Å²) >= 11 is 0. The molecule has 0 fully saturated rings. The monoisotopic (exact) mass is 192 g/mol. The number of allylic oxidation sites excluding steroid dienone is 1. The highest BCUT2D eigenvalue weighted by atomic mass is 16.7. The van der Waals surface area contributed by atoms with E-state index >= 15 is 0 Å². The zero-order valence-electron chi connectivity index (χ0n) is 8.80. The van der Waals surface area contributed by atoms with Crippen molar-refractivity contribution in [1.82, 2.24) is 0 Å². The van der Waals surface area contributed by atoms with Gasteiger partial charge < -0.3 is 9.47 Å². The van der Waals surface area contributed by atoms with E-state index in [1.165, 1.54) is 11.1 Å². The minimum atomic E-state index is 0.103. The fraction of sp³-hybridized carbons (Fsp3) is 0.500. The van der Waals surface area contributed by atoms with E-state index in [-0.39, 0.29) is 6.10 Å². The molecular weight excluding hydrogens is 176 g/mol. The summed E-state index contributed by atoms with van der Waals surface area (Å²) in [5, 5.41) is 0. The van der Waals surface area contributed by atoms with E-state index in [9.17, 15) is 0 Å². The van der Waals surface area contributed by atoms with E-state index < -0.39 is 0 Å². The van der Waals surface area contributed by atoms with Gasteiger partial charge in [-0.25, -0.2) is 0 Å². The zero-order valence-corrected chi connectivity index (χ0v) is 8.80. The minimum Gasteiger partial charge on any atom is -0.359 e. The molecule has 0 aromatic rings. The molecule has 76 valence electrons. The van der Waals surface area contributed by atoms with Crippen LogP contribution in [0, 0.1) is 12.3 Å². The van der Waals surface area contributed by atoms with Crippen LogP contribution in [0.4, 0.5) is 0 Å². The molecule has 1 aliphatic carbocycles. The van der Waals surface area contributed by atoms with E-state index in [0.717, 1.165) is 12.0 Å². The van der Waals surface area contributed by atoms with Crippen LogP contribution in [-0.4, -0.2) is 20.0 Å². The summed E-state index contributed by atoms with van der Waals surface area (Å²) in [4.78, 5) is 0. The lowest BCUT2D eigenvalue weighted by Crippen LogP contribution is -2.12. The molecule has 14 heavy (non-hydrogen) atoms. The number of ether oxygens (including phenoxy) is 2. The van der Waals surface area contributed by atoms with Crippen molar-refractivity contribution in [3.05, 3.63) is 23.3 Å². The first-order valence-electron chi connectivity index (χ1n) is 4.62. The molecule has 0 radical (unpaired) electrons. The quantitative estimate of drug-likeness (QED) is 0.502. The molecule has 0 N–H and O–H groups in total. The molecule has 0 aromatic heterocycles. The predicted molar refractivity (Wildman–Crippen MR) is 56.7 cm³/mol. The molecule has 0 spiro atoms. The van der Waals surface area contributed by atoms with Crippen LogP contribution in [0.2, 0.25) is 0 Å². The first kappa shape index (κ1) is 11.0. The van der Waals surface area contributed by atoms with Gasteiger partial charge in [0.1, 0.15) is 6.79 Å². The van der Waals surface area contributed by atoms with E-state index in [1.807, 2.05) is 6.92 Å². The van der Waals surface area contributed by atoms with Crippen molar-refractivity contribution >= 4 is 0 Å². The van der Waals surface area contributed by atoms with Gasteiger partial charge in [0.2, 0.25) is 0 Å². The van der Waals surface area contributed by atoms with Crippen molar-refractivity contribution in [2.24, 2.45) is 0 Å². The molecule has 0 heterocycles. The summed E-state index contributed by atoms with van der Waals surface area (Å²) in [5.74, 6) is 2.64. The third-order valence-corrected chi connectivity index (χ3v) is 2.48. The lowest BCUT2D eigenvalue weighted by molar-refractivity contribution is -0.0565. The molecule has 0 amide bonds. The van der Waals surface area contributed by atoms with Gasteiger partial charge in [0, 0.05) is 20.0 Å². The van der Waals surface area contributed by atoms with Crippen molar-refractivity contribution in [2.45, 2.75) is 25.9 Å². The second kappa shape index (κ2) is 4.99. The highest BCUT2D eigenvalue weighted by molar-refractivity contribution is 5.43. The second-order valence-electron chi connectivity index (χ2n) is 3.41. The SMILES string of the molecule is C#CCC1=C(C)[C@@H](OCOC)CC1=C. The summed E-state index contributed by atoms with van der Waals surface area (Å²) in [6.07, 6.45) is 6.88. The summed E-state index contributed by atoms with van der Waals surface area (Å²) < 4.78 is 10.4. The smallest absolute Gasteiger partial charge is 0.147 e. The first-order chi connectivity index (χ1) is 6.70. The predicted octanol–water partition coefficient (Wildman–Crippen LogP) is 2.28. The molecule has 0 bridgehead atoms. The maximum Gasteiger partial charge on any atom is 0.147 e. The van der Waals surface area contributed by atoms with Gasteiger partial charge in [0.15, 0.2) is 0 Å². The van der Waals surface area contributed by atoms with Crippen LogP contribution in [0.25, 0.3) is 0 Å². The molecule has 2 heteroatoms. The summed E-state index contributed by atoms with van der Waals surface area (Å²) in [7, 11) is 1.62. The Morgan fingerprint density at radius 1 is 1.64 bits per heavy atom. The number of hydrogen-bond acceptors (Lipinski definition) is 2. The largest absolute Gasteiger partial charge is 0.359 e. The number of hydrogen-bond donors (Lipinski definition) is 0. The fourth-order valence-electron chi connectivity index (χ4n) is 1.67. The molecule has 1 rings (SSSR count). The Morgan fingerprint density at radius 3 is 2.93 bits per heavy atom. The lowest BCUT2D eigenvalue weighted by Gasteiger charge is -2.11. The van der Waals surface area contributed by atoms with Gasteiger partial charge in [-0.3, -0.25) is 0 Å².